The quantitative estimate of drug-likeness (QED) is 0.0198. The predicted molar refractivity (Wildman–Crippen MR) is 238 cm³/mol. The molecule has 13 heteroatoms. The van der Waals surface area contributed by atoms with Crippen molar-refractivity contribution in [3.05, 3.63) is 24.3 Å². The highest BCUT2D eigenvalue weighted by molar-refractivity contribution is 7.85. The molecule has 1 rings (SSSR count). The largest absolute Gasteiger partial charge is 0.462 e. The van der Waals surface area contributed by atoms with Crippen LogP contribution in [0.5, 0.6) is 0 Å². The predicted octanol–water partition coefficient (Wildman–Crippen LogP) is 10.0. The zero-order chi connectivity index (χ0) is 44.1. The van der Waals surface area contributed by atoms with Crippen molar-refractivity contribution in [1.82, 2.24) is 0 Å². The number of aliphatic hydroxyl groups is 3. The van der Waals surface area contributed by atoms with Crippen molar-refractivity contribution < 1.29 is 56.8 Å². The van der Waals surface area contributed by atoms with Crippen LogP contribution in [0.4, 0.5) is 0 Å². The summed E-state index contributed by atoms with van der Waals surface area (Å²) in [5.41, 5.74) is 0. The topological polar surface area (TPSA) is 186 Å². The summed E-state index contributed by atoms with van der Waals surface area (Å²) in [6.07, 6.45) is 32.1. The van der Waals surface area contributed by atoms with Crippen LogP contribution in [-0.4, -0.2) is 96.0 Å². The van der Waals surface area contributed by atoms with Crippen molar-refractivity contribution in [1.29, 1.82) is 0 Å². The van der Waals surface area contributed by atoms with Gasteiger partial charge in [-0.15, -0.1) is 0 Å². The van der Waals surface area contributed by atoms with Crippen molar-refractivity contribution in [2.45, 2.75) is 243 Å². The van der Waals surface area contributed by atoms with Gasteiger partial charge in [0.25, 0.3) is 10.1 Å². The molecule has 0 aromatic heterocycles. The van der Waals surface area contributed by atoms with Crippen LogP contribution in [0.15, 0.2) is 24.3 Å². The minimum absolute atomic E-state index is 0.159. The highest BCUT2D eigenvalue weighted by Gasteiger charge is 2.46. The third-order valence-electron chi connectivity index (χ3n) is 11.0. The Bertz CT molecular complexity index is 1210. The first-order chi connectivity index (χ1) is 29.0. The summed E-state index contributed by atoms with van der Waals surface area (Å²) in [6.45, 7) is 3.75. The second-order valence-corrected chi connectivity index (χ2v) is 18.3. The van der Waals surface area contributed by atoms with Gasteiger partial charge in [0.2, 0.25) is 0 Å². The average molecular weight is 875 g/mol. The van der Waals surface area contributed by atoms with Crippen LogP contribution < -0.4 is 0 Å². The van der Waals surface area contributed by atoms with Gasteiger partial charge in [-0.05, 0) is 64.2 Å². The SMILES string of the molecule is CCCCCCCC/C=C\CCCCCCCCCC(=O)OC(COC(=O)CCCCCCC/C=C\CCCCCCCC)COC1OC(CS(=O)(=O)O)C(O)C(O)C1O. The highest BCUT2D eigenvalue weighted by atomic mass is 32.2. The first-order valence-corrected chi connectivity index (χ1v) is 25.5. The number of aliphatic hydroxyl groups excluding tert-OH is 3. The molecule has 1 saturated heterocycles. The van der Waals surface area contributed by atoms with E-state index >= 15 is 0 Å². The van der Waals surface area contributed by atoms with Gasteiger partial charge >= 0.3 is 11.9 Å². The average Bonchev–Trinajstić information content (AvgIpc) is 3.21. The molecule has 0 spiro atoms. The maximum absolute atomic E-state index is 12.8. The van der Waals surface area contributed by atoms with E-state index in [0.717, 1.165) is 70.6 Å². The summed E-state index contributed by atoms with van der Waals surface area (Å²) in [4.78, 5) is 25.4. The van der Waals surface area contributed by atoms with E-state index in [1.807, 2.05) is 0 Å². The third-order valence-corrected chi connectivity index (χ3v) is 11.8. The summed E-state index contributed by atoms with van der Waals surface area (Å²) < 4.78 is 54.1. The Kier molecular flexibility index (Phi) is 35.2. The Labute approximate surface area is 364 Å². The number of hydrogen-bond donors (Lipinski definition) is 4. The number of unbranched alkanes of at least 4 members (excludes halogenated alkanes) is 24. The lowest BCUT2D eigenvalue weighted by atomic mass is 10.00. The number of hydrogen-bond acceptors (Lipinski definition) is 11. The first kappa shape index (κ1) is 56.1. The summed E-state index contributed by atoms with van der Waals surface area (Å²) in [5, 5.41) is 30.9. The van der Waals surface area contributed by atoms with Crippen LogP contribution in [0.3, 0.4) is 0 Å². The van der Waals surface area contributed by atoms with E-state index in [9.17, 15) is 37.9 Å². The van der Waals surface area contributed by atoms with Crippen molar-refractivity contribution in [2.75, 3.05) is 19.0 Å². The van der Waals surface area contributed by atoms with E-state index in [1.54, 1.807) is 0 Å². The molecule has 1 heterocycles. The van der Waals surface area contributed by atoms with Gasteiger partial charge in [0.15, 0.2) is 12.4 Å². The summed E-state index contributed by atoms with van der Waals surface area (Å²) >= 11 is 0. The molecule has 6 unspecified atom stereocenters. The summed E-state index contributed by atoms with van der Waals surface area (Å²) in [6, 6.07) is 0. The Morgan fingerprint density at radius 2 is 0.950 bits per heavy atom. The minimum atomic E-state index is -4.60. The summed E-state index contributed by atoms with van der Waals surface area (Å²) in [5.74, 6) is -1.99. The van der Waals surface area contributed by atoms with E-state index in [4.69, 9.17) is 18.9 Å². The maximum Gasteiger partial charge on any atom is 0.306 e. The molecule has 0 amide bonds. The van der Waals surface area contributed by atoms with Crippen molar-refractivity contribution in [3.8, 4) is 0 Å². The van der Waals surface area contributed by atoms with Crippen LogP contribution in [-0.2, 0) is 38.7 Å². The lowest BCUT2D eigenvalue weighted by molar-refractivity contribution is -0.297. The Hall–Kier alpha value is -1.87. The van der Waals surface area contributed by atoms with Crippen molar-refractivity contribution in [3.63, 3.8) is 0 Å². The first-order valence-electron chi connectivity index (χ1n) is 23.9. The normalized spacial score (nSPS) is 20.3. The number of ether oxygens (including phenoxy) is 4. The Balaban J connectivity index is 2.43. The van der Waals surface area contributed by atoms with Gasteiger partial charge < -0.3 is 34.3 Å². The van der Waals surface area contributed by atoms with Crippen LogP contribution in [0.2, 0.25) is 0 Å². The molecular weight excluding hydrogens is 789 g/mol. The minimum Gasteiger partial charge on any atom is -0.462 e. The van der Waals surface area contributed by atoms with Gasteiger partial charge in [0.05, 0.1) is 6.61 Å². The molecule has 0 aromatic rings. The zero-order valence-corrected chi connectivity index (χ0v) is 38.4. The second-order valence-electron chi connectivity index (χ2n) is 16.8. The maximum atomic E-state index is 12.8. The number of carbonyl (C=O) groups is 2. The molecular formula is C47H86O12S. The van der Waals surface area contributed by atoms with Gasteiger partial charge in [0.1, 0.15) is 36.8 Å². The molecule has 12 nitrogen and oxygen atoms in total. The zero-order valence-electron chi connectivity index (χ0n) is 37.6. The molecule has 6 atom stereocenters. The van der Waals surface area contributed by atoms with E-state index in [0.29, 0.717) is 12.8 Å². The fraction of sp³-hybridized carbons (Fsp3) is 0.872. The van der Waals surface area contributed by atoms with Crippen LogP contribution in [0.25, 0.3) is 0 Å². The van der Waals surface area contributed by atoms with Gasteiger partial charge in [-0.25, -0.2) is 0 Å². The smallest absolute Gasteiger partial charge is 0.306 e. The lowest BCUT2D eigenvalue weighted by Gasteiger charge is -2.40. The molecule has 1 aliphatic rings. The molecule has 0 aromatic carbocycles. The Morgan fingerprint density at radius 1 is 0.550 bits per heavy atom. The fourth-order valence-electron chi connectivity index (χ4n) is 7.25. The van der Waals surface area contributed by atoms with Crippen LogP contribution in [0.1, 0.15) is 206 Å². The highest BCUT2D eigenvalue weighted by Crippen LogP contribution is 2.24. The van der Waals surface area contributed by atoms with Crippen LogP contribution >= 0.6 is 0 Å². The van der Waals surface area contributed by atoms with E-state index in [-0.39, 0.29) is 19.4 Å². The number of carbonyl (C=O) groups excluding carboxylic acids is 2. The second kappa shape index (κ2) is 37.7. The van der Waals surface area contributed by atoms with E-state index in [2.05, 4.69) is 38.2 Å². The standard InChI is InChI=1S/C47H86O12S/c1-3-5-7-9-11-13-15-17-19-20-22-24-26-28-30-32-34-36-43(49)58-40(38-57-47-46(52)45(51)44(50)41(59-47)39-60(53,54)55)37-56-42(48)35-33-31-29-27-25-23-21-18-16-14-12-10-8-6-4-2/h17-19,21,40-41,44-47,50-52H,3-16,20,22-39H2,1-2H3,(H,53,54,55)/b19-17-,21-18-. The summed E-state index contributed by atoms with van der Waals surface area (Å²) in [7, 11) is -4.60. The molecule has 352 valence electrons. The molecule has 0 bridgehead atoms. The third kappa shape index (κ3) is 31.9. The fourth-order valence-corrected chi connectivity index (χ4v) is 7.95. The molecule has 60 heavy (non-hydrogen) atoms. The molecule has 1 aliphatic heterocycles. The number of esters is 2. The van der Waals surface area contributed by atoms with Gasteiger partial charge in [0, 0.05) is 12.8 Å². The van der Waals surface area contributed by atoms with E-state index in [1.165, 1.54) is 96.3 Å². The molecule has 1 fully saturated rings. The molecule has 4 N–H and O–H groups in total. The van der Waals surface area contributed by atoms with Gasteiger partial charge in [-0.3, -0.25) is 14.1 Å². The molecule has 0 aliphatic carbocycles. The number of rotatable bonds is 40. The molecule has 0 radical (unpaired) electrons. The van der Waals surface area contributed by atoms with Crippen LogP contribution in [0, 0.1) is 0 Å². The monoisotopic (exact) mass is 875 g/mol. The lowest BCUT2D eigenvalue weighted by Crippen LogP contribution is -2.60. The van der Waals surface area contributed by atoms with Crippen molar-refractivity contribution >= 4 is 22.1 Å². The van der Waals surface area contributed by atoms with Gasteiger partial charge in [-0.2, -0.15) is 8.42 Å². The Morgan fingerprint density at radius 3 is 1.38 bits per heavy atom. The van der Waals surface area contributed by atoms with Crippen molar-refractivity contribution in [2.24, 2.45) is 0 Å². The number of allylic oxidation sites excluding steroid dienone is 4. The molecule has 0 saturated carbocycles. The van der Waals surface area contributed by atoms with E-state index < -0.39 is 71.2 Å². The van der Waals surface area contributed by atoms with Gasteiger partial charge in [-0.1, -0.05) is 154 Å².